The summed E-state index contributed by atoms with van der Waals surface area (Å²) in [6.45, 7) is 7.73. The van der Waals surface area contributed by atoms with Crippen LogP contribution in [0.25, 0.3) is 0 Å². The molecule has 0 aromatic heterocycles. The number of rotatable bonds is 7. The number of hydrogen-bond acceptors (Lipinski definition) is 1. The van der Waals surface area contributed by atoms with E-state index in [4.69, 9.17) is 0 Å². The summed E-state index contributed by atoms with van der Waals surface area (Å²) in [5.74, 6) is 1.49. The van der Waals surface area contributed by atoms with Crippen LogP contribution in [-0.4, -0.2) is 12.4 Å². The highest BCUT2D eigenvalue weighted by Crippen LogP contribution is 2.68. The lowest BCUT2D eigenvalue weighted by Crippen LogP contribution is -2.41. The molecule has 0 amide bonds. The fourth-order valence-corrected chi connectivity index (χ4v) is 10.7. The van der Waals surface area contributed by atoms with Crippen LogP contribution in [0.5, 0.6) is 0 Å². The van der Waals surface area contributed by atoms with Crippen molar-refractivity contribution in [2.24, 2.45) is 11.8 Å². The summed E-state index contributed by atoms with van der Waals surface area (Å²) in [5.41, 5.74) is 2.97. The summed E-state index contributed by atoms with van der Waals surface area (Å²) in [6, 6.07) is 33.3. The molecule has 3 atom stereocenters. The van der Waals surface area contributed by atoms with Crippen LogP contribution < -0.4 is 0 Å². The van der Waals surface area contributed by atoms with E-state index in [9.17, 15) is 0 Å². The number of benzene rings is 3. The van der Waals surface area contributed by atoms with Gasteiger partial charge in [-0.05, 0) is 47.9 Å². The van der Waals surface area contributed by atoms with Crippen LogP contribution in [0.3, 0.4) is 0 Å². The minimum Gasteiger partial charge on any atom is -0.122 e. The molecule has 0 spiro atoms. The SMILES string of the molecule is C[Si](C)(C)C1(Sc2ccccc2)[C@H](Cc2ccccc2)[C@@H]1Cc1ccccc1. The van der Waals surface area contributed by atoms with Crippen molar-refractivity contribution in [2.45, 2.75) is 41.7 Å². The van der Waals surface area contributed by atoms with Gasteiger partial charge in [0.1, 0.15) is 0 Å². The molecule has 3 aromatic rings. The molecule has 0 heterocycles. The molecule has 28 heavy (non-hydrogen) atoms. The van der Waals surface area contributed by atoms with Gasteiger partial charge in [-0.3, -0.25) is 0 Å². The van der Waals surface area contributed by atoms with E-state index >= 15 is 0 Å². The van der Waals surface area contributed by atoms with E-state index < -0.39 is 8.07 Å². The summed E-state index contributed by atoms with van der Waals surface area (Å²) in [4.78, 5) is 1.43. The van der Waals surface area contributed by atoms with E-state index in [0.717, 1.165) is 11.8 Å². The third-order valence-corrected chi connectivity index (χ3v) is 13.0. The highest BCUT2D eigenvalue weighted by atomic mass is 32.2. The molecule has 4 rings (SSSR count). The number of thioether (sulfide) groups is 1. The fraction of sp³-hybridized carbons (Fsp3) is 0.308. The maximum absolute atomic E-state index is 2.58. The first-order valence-corrected chi connectivity index (χ1v) is 14.6. The molecule has 1 unspecified atom stereocenters. The second-order valence-corrected chi connectivity index (χ2v) is 16.1. The first kappa shape index (κ1) is 19.5. The maximum atomic E-state index is 2.58. The van der Waals surface area contributed by atoms with Gasteiger partial charge in [0.15, 0.2) is 0 Å². The highest BCUT2D eigenvalue weighted by Gasteiger charge is 2.69. The van der Waals surface area contributed by atoms with E-state index in [-0.39, 0.29) is 0 Å². The predicted octanol–water partition coefficient (Wildman–Crippen LogP) is 7.13. The van der Waals surface area contributed by atoms with Crippen LogP contribution in [0, 0.1) is 11.8 Å². The van der Waals surface area contributed by atoms with Crippen LogP contribution in [0.1, 0.15) is 11.1 Å². The van der Waals surface area contributed by atoms with Crippen molar-refractivity contribution < 1.29 is 0 Å². The maximum Gasteiger partial charge on any atom is 0.0638 e. The van der Waals surface area contributed by atoms with Gasteiger partial charge in [0.25, 0.3) is 0 Å². The molecule has 1 fully saturated rings. The van der Waals surface area contributed by atoms with Crippen LogP contribution in [0.4, 0.5) is 0 Å². The standard InChI is InChI=1S/C26H30SSi/c1-28(2,3)26(27-23-17-11-6-12-18-23)24(19-21-13-7-4-8-14-21)25(26)20-22-15-9-5-10-16-22/h4-18,24-25H,19-20H2,1-3H3/t24-,25+,26?. The highest BCUT2D eigenvalue weighted by molar-refractivity contribution is 8.03. The molecule has 1 saturated carbocycles. The first-order valence-electron chi connectivity index (χ1n) is 10.3. The zero-order valence-electron chi connectivity index (χ0n) is 17.1. The zero-order chi connectivity index (χ0) is 19.6. The number of hydrogen-bond donors (Lipinski definition) is 0. The van der Waals surface area contributed by atoms with Crippen molar-refractivity contribution in [1.82, 2.24) is 0 Å². The van der Waals surface area contributed by atoms with Crippen LogP contribution in [0.2, 0.25) is 19.6 Å². The summed E-state index contributed by atoms with van der Waals surface area (Å²) >= 11 is 2.18. The Balaban J connectivity index is 1.68. The van der Waals surface area contributed by atoms with Crippen molar-refractivity contribution in [3.63, 3.8) is 0 Å². The van der Waals surface area contributed by atoms with Crippen molar-refractivity contribution in [1.29, 1.82) is 0 Å². The molecule has 1 aliphatic carbocycles. The second-order valence-electron chi connectivity index (χ2n) is 9.05. The third kappa shape index (κ3) is 3.86. The minimum atomic E-state index is -1.43. The first-order chi connectivity index (χ1) is 13.5. The van der Waals surface area contributed by atoms with Gasteiger partial charge in [0, 0.05) is 9.27 Å². The van der Waals surface area contributed by atoms with Crippen molar-refractivity contribution in [3.05, 3.63) is 102 Å². The molecule has 0 nitrogen and oxygen atoms in total. The van der Waals surface area contributed by atoms with E-state index in [0.29, 0.717) is 4.37 Å². The molecule has 3 aromatic carbocycles. The van der Waals surface area contributed by atoms with E-state index in [1.807, 2.05) is 0 Å². The van der Waals surface area contributed by atoms with Gasteiger partial charge in [-0.1, -0.05) is 98.5 Å². The monoisotopic (exact) mass is 402 g/mol. The van der Waals surface area contributed by atoms with Gasteiger partial charge in [0.05, 0.1) is 8.07 Å². The van der Waals surface area contributed by atoms with Crippen molar-refractivity contribution in [3.8, 4) is 0 Å². The summed E-state index contributed by atoms with van der Waals surface area (Å²) in [6.07, 6.45) is 2.39. The van der Waals surface area contributed by atoms with E-state index in [2.05, 4.69) is 122 Å². The van der Waals surface area contributed by atoms with E-state index in [1.54, 1.807) is 0 Å². The normalized spacial score (nSPS) is 24.1. The quantitative estimate of drug-likeness (QED) is 0.379. The lowest BCUT2D eigenvalue weighted by molar-refractivity contribution is 0.693. The lowest BCUT2D eigenvalue weighted by Gasteiger charge is -2.31. The Labute approximate surface area is 175 Å². The molecule has 144 valence electrons. The average molecular weight is 403 g/mol. The molecular formula is C26H30SSi. The van der Waals surface area contributed by atoms with Gasteiger partial charge < -0.3 is 0 Å². The topological polar surface area (TPSA) is 0 Å². The largest absolute Gasteiger partial charge is 0.122 e. The zero-order valence-corrected chi connectivity index (χ0v) is 19.0. The smallest absolute Gasteiger partial charge is 0.0638 e. The molecule has 0 bridgehead atoms. The predicted molar refractivity (Wildman–Crippen MR) is 126 cm³/mol. The summed E-state index contributed by atoms with van der Waals surface area (Å²) in [7, 11) is -1.43. The van der Waals surface area contributed by atoms with Gasteiger partial charge in [-0.15, -0.1) is 11.8 Å². The Bertz CT molecular complexity index is 836. The third-order valence-electron chi connectivity index (χ3n) is 6.28. The molecule has 0 N–H and O–H groups in total. The van der Waals surface area contributed by atoms with E-state index in [1.165, 1.54) is 28.9 Å². The molecule has 1 aliphatic rings. The Morgan fingerprint density at radius 3 is 1.43 bits per heavy atom. The van der Waals surface area contributed by atoms with Crippen LogP contribution >= 0.6 is 11.8 Å². The van der Waals surface area contributed by atoms with Gasteiger partial charge >= 0.3 is 0 Å². The summed E-state index contributed by atoms with van der Waals surface area (Å²) < 4.78 is 0.389. The average Bonchev–Trinajstić information content (AvgIpc) is 3.30. The summed E-state index contributed by atoms with van der Waals surface area (Å²) in [5, 5.41) is 0. The Hall–Kier alpha value is -1.77. The molecule has 0 aliphatic heterocycles. The van der Waals surface area contributed by atoms with Gasteiger partial charge in [-0.25, -0.2) is 0 Å². The Kier molecular flexibility index (Phi) is 5.53. The fourth-order valence-electron chi connectivity index (χ4n) is 4.93. The Morgan fingerprint density at radius 2 is 1.04 bits per heavy atom. The van der Waals surface area contributed by atoms with Gasteiger partial charge in [-0.2, -0.15) is 0 Å². The molecule has 0 radical (unpaired) electrons. The lowest BCUT2D eigenvalue weighted by atomic mass is 10.0. The Morgan fingerprint density at radius 1 is 0.643 bits per heavy atom. The van der Waals surface area contributed by atoms with Crippen molar-refractivity contribution in [2.75, 3.05) is 0 Å². The van der Waals surface area contributed by atoms with Gasteiger partial charge in [0.2, 0.25) is 0 Å². The van der Waals surface area contributed by atoms with Crippen molar-refractivity contribution >= 4 is 19.8 Å². The minimum absolute atomic E-state index is 0.389. The molecule has 0 saturated heterocycles. The van der Waals surface area contributed by atoms with Crippen LogP contribution in [-0.2, 0) is 12.8 Å². The second kappa shape index (κ2) is 7.92. The van der Waals surface area contributed by atoms with Crippen LogP contribution in [0.15, 0.2) is 95.9 Å². The molecule has 2 heteroatoms. The molecular weight excluding hydrogens is 372 g/mol.